The minimum Gasteiger partial charge on any atom is -0.481 e. The van der Waals surface area contributed by atoms with Crippen molar-refractivity contribution in [3.8, 4) is 0 Å². The summed E-state index contributed by atoms with van der Waals surface area (Å²) in [6.45, 7) is 3.72. The van der Waals surface area contributed by atoms with E-state index in [1.54, 1.807) is 6.07 Å². The summed E-state index contributed by atoms with van der Waals surface area (Å²) in [5, 5.41) is 15.0. The first-order chi connectivity index (χ1) is 15.3. The van der Waals surface area contributed by atoms with Gasteiger partial charge in [-0.15, -0.1) is 0 Å². The predicted octanol–water partition coefficient (Wildman–Crippen LogP) is 2.56. The summed E-state index contributed by atoms with van der Waals surface area (Å²) in [5.41, 5.74) is 1.58. The number of carbonyl (C=O) groups is 4. The molecule has 1 heterocycles. The topological polar surface area (TPSA) is 119 Å². The molecule has 32 heavy (non-hydrogen) atoms. The van der Waals surface area contributed by atoms with Gasteiger partial charge in [-0.2, -0.15) is 0 Å². The van der Waals surface area contributed by atoms with Crippen molar-refractivity contribution in [2.45, 2.75) is 64.6 Å². The van der Waals surface area contributed by atoms with Gasteiger partial charge in [-0.1, -0.05) is 31.4 Å². The number of aliphatic carboxylic acids is 1. The molecule has 0 spiro atoms. The number of hydrogen-bond donors (Lipinski definition) is 3. The standard InChI is InChI=1S/C23H32N4O5/c1-15-7-6-10-18(13-15)24-23(32)27-12-11-26(16(2)28)22(27)21(31)25-19(14-20(29)30)17-8-4-3-5-9-17/h6-7,10,13,17,19,22H,3-5,8-9,11-12,14H2,1-2H3,(H,24,32)(H,25,31)(H,29,30). The first kappa shape index (κ1) is 23.6. The van der Waals surface area contributed by atoms with Crippen molar-refractivity contribution in [3.05, 3.63) is 29.8 Å². The number of carbonyl (C=O) groups excluding carboxylic acids is 3. The summed E-state index contributed by atoms with van der Waals surface area (Å²) in [6, 6.07) is 6.29. The molecular weight excluding hydrogens is 412 g/mol. The molecule has 0 aromatic heterocycles. The summed E-state index contributed by atoms with van der Waals surface area (Å²) < 4.78 is 0. The van der Waals surface area contributed by atoms with Gasteiger partial charge < -0.3 is 20.6 Å². The average molecular weight is 445 g/mol. The Balaban J connectivity index is 1.77. The van der Waals surface area contributed by atoms with Gasteiger partial charge in [0.1, 0.15) is 0 Å². The molecule has 9 nitrogen and oxygen atoms in total. The van der Waals surface area contributed by atoms with Gasteiger partial charge in [0.25, 0.3) is 5.91 Å². The van der Waals surface area contributed by atoms with E-state index in [-0.39, 0.29) is 31.3 Å². The molecular formula is C23H32N4O5. The van der Waals surface area contributed by atoms with E-state index in [2.05, 4.69) is 10.6 Å². The fourth-order valence-corrected chi connectivity index (χ4v) is 4.69. The number of hydrogen-bond acceptors (Lipinski definition) is 4. The SMILES string of the molecule is CC(=O)N1CCN(C(=O)Nc2cccc(C)c2)C1C(=O)NC(CC(=O)O)C1CCCCC1. The summed E-state index contributed by atoms with van der Waals surface area (Å²) >= 11 is 0. The van der Waals surface area contributed by atoms with Crippen molar-refractivity contribution >= 4 is 29.5 Å². The highest BCUT2D eigenvalue weighted by Gasteiger charge is 2.43. The van der Waals surface area contributed by atoms with Gasteiger partial charge in [0.05, 0.1) is 6.42 Å². The number of benzene rings is 1. The zero-order valence-corrected chi connectivity index (χ0v) is 18.7. The molecule has 9 heteroatoms. The summed E-state index contributed by atoms with van der Waals surface area (Å²) in [6.07, 6.45) is 3.54. The summed E-state index contributed by atoms with van der Waals surface area (Å²) in [7, 11) is 0. The first-order valence-electron chi connectivity index (χ1n) is 11.2. The molecule has 1 aliphatic carbocycles. The highest BCUT2D eigenvalue weighted by molar-refractivity contribution is 5.96. The van der Waals surface area contributed by atoms with Gasteiger partial charge in [0.2, 0.25) is 5.91 Å². The Bertz CT molecular complexity index is 868. The maximum Gasteiger partial charge on any atom is 0.323 e. The molecule has 1 saturated heterocycles. The fourth-order valence-electron chi connectivity index (χ4n) is 4.69. The normalized spacial score (nSPS) is 20.0. The first-order valence-corrected chi connectivity index (χ1v) is 11.2. The molecule has 1 aromatic carbocycles. The van der Waals surface area contributed by atoms with E-state index < -0.39 is 30.1 Å². The monoisotopic (exact) mass is 444 g/mol. The number of aryl methyl sites for hydroxylation is 1. The maximum absolute atomic E-state index is 13.3. The third kappa shape index (κ3) is 5.77. The lowest BCUT2D eigenvalue weighted by Gasteiger charge is -2.34. The van der Waals surface area contributed by atoms with Crippen molar-refractivity contribution in [1.82, 2.24) is 15.1 Å². The minimum absolute atomic E-state index is 0.0746. The number of anilines is 1. The van der Waals surface area contributed by atoms with Crippen LogP contribution in [0.15, 0.2) is 24.3 Å². The van der Waals surface area contributed by atoms with E-state index >= 15 is 0 Å². The number of carboxylic acids is 1. The molecule has 0 bridgehead atoms. The van der Waals surface area contributed by atoms with Crippen LogP contribution in [0.5, 0.6) is 0 Å². The molecule has 1 aromatic rings. The number of amides is 4. The molecule has 0 radical (unpaired) electrons. The molecule has 2 atom stereocenters. The van der Waals surface area contributed by atoms with Crippen molar-refractivity contribution in [3.63, 3.8) is 0 Å². The fraction of sp³-hybridized carbons (Fsp3) is 0.565. The van der Waals surface area contributed by atoms with Gasteiger partial charge in [-0.3, -0.25) is 19.3 Å². The number of nitrogens with one attached hydrogen (secondary N) is 2. The van der Waals surface area contributed by atoms with E-state index in [0.717, 1.165) is 37.7 Å². The molecule has 1 aliphatic heterocycles. The van der Waals surface area contributed by atoms with Gasteiger partial charge >= 0.3 is 12.0 Å². The van der Waals surface area contributed by atoms with Crippen molar-refractivity contribution in [2.75, 3.05) is 18.4 Å². The van der Waals surface area contributed by atoms with Crippen LogP contribution in [-0.4, -0.2) is 64.0 Å². The van der Waals surface area contributed by atoms with Gasteiger partial charge in [0, 0.05) is 31.7 Å². The van der Waals surface area contributed by atoms with Crippen LogP contribution in [0.25, 0.3) is 0 Å². The Hall–Kier alpha value is -3.10. The zero-order chi connectivity index (χ0) is 23.3. The molecule has 3 rings (SSSR count). The van der Waals surface area contributed by atoms with Gasteiger partial charge in [-0.05, 0) is 43.4 Å². The lowest BCUT2D eigenvalue weighted by molar-refractivity contribution is -0.142. The van der Waals surface area contributed by atoms with Crippen LogP contribution in [0.2, 0.25) is 0 Å². The Labute approximate surface area is 188 Å². The molecule has 2 aliphatic rings. The Morgan fingerprint density at radius 2 is 1.78 bits per heavy atom. The smallest absolute Gasteiger partial charge is 0.323 e. The molecule has 4 amide bonds. The largest absolute Gasteiger partial charge is 0.481 e. The highest BCUT2D eigenvalue weighted by Crippen LogP contribution is 2.28. The van der Waals surface area contributed by atoms with Crippen molar-refractivity contribution in [1.29, 1.82) is 0 Å². The Kier molecular flexibility index (Phi) is 7.71. The second-order valence-corrected chi connectivity index (χ2v) is 8.69. The summed E-state index contributed by atoms with van der Waals surface area (Å²) in [5.74, 6) is -1.74. The Morgan fingerprint density at radius 1 is 1.09 bits per heavy atom. The van der Waals surface area contributed by atoms with E-state index in [1.807, 2.05) is 25.1 Å². The second kappa shape index (κ2) is 10.5. The number of rotatable bonds is 6. The van der Waals surface area contributed by atoms with Crippen LogP contribution in [-0.2, 0) is 14.4 Å². The van der Waals surface area contributed by atoms with Crippen LogP contribution < -0.4 is 10.6 Å². The summed E-state index contributed by atoms with van der Waals surface area (Å²) in [4.78, 5) is 52.6. The van der Waals surface area contributed by atoms with Crippen LogP contribution in [0.3, 0.4) is 0 Å². The van der Waals surface area contributed by atoms with E-state index in [1.165, 1.54) is 16.7 Å². The minimum atomic E-state index is -1.11. The van der Waals surface area contributed by atoms with E-state index in [4.69, 9.17) is 0 Å². The molecule has 174 valence electrons. The second-order valence-electron chi connectivity index (χ2n) is 8.69. The number of urea groups is 1. The molecule has 2 fully saturated rings. The quantitative estimate of drug-likeness (QED) is 0.623. The van der Waals surface area contributed by atoms with Gasteiger partial charge in [-0.25, -0.2) is 4.79 Å². The molecule has 1 saturated carbocycles. The third-order valence-corrected chi connectivity index (χ3v) is 6.28. The van der Waals surface area contributed by atoms with Crippen LogP contribution in [0.1, 0.15) is 51.0 Å². The van der Waals surface area contributed by atoms with Crippen LogP contribution >= 0.6 is 0 Å². The van der Waals surface area contributed by atoms with Crippen molar-refractivity contribution < 1.29 is 24.3 Å². The lowest BCUT2D eigenvalue weighted by atomic mass is 9.82. The third-order valence-electron chi connectivity index (χ3n) is 6.28. The van der Waals surface area contributed by atoms with Gasteiger partial charge in [0.15, 0.2) is 6.17 Å². The predicted molar refractivity (Wildman–Crippen MR) is 119 cm³/mol. The average Bonchev–Trinajstić information content (AvgIpc) is 3.19. The maximum atomic E-state index is 13.3. The van der Waals surface area contributed by atoms with E-state index in [0.29, 0.717) is 5.69 Å². The lowest BCUT2D eigenvalue weighted by Crippen LogP contribution is -2.57. The van der Waals surface area contributed by atoms with Crippen molar-refractivity contribution in [2.24, 2.45) is 5.92 Å². The number of carboxylic acid groups (broad SMARTS) is 1. The zero-order valence-electron chi connectivity index (χ0n) is 18.7. The van der Waals surface area contributed by atoms with E-state index in [9.17, 15) is 24.3 Å². The molecule has 3 N–H and O–H groups in total. The number of nitrogens with zero attached hydrogens (tertiary/aromatic N) is 2. The highest BCUT2D eigenvalue weighted by atomic mass is 16.4. The van der Waals surface area contributed by atoms with Crippen LogP contribution in [0, 0.1) is 12.8 Å². The Morgan fingerprint density at radius 3 is 2.41 bits per heavy atom. The van der Waals surface area contributed by atoms with Crippen LogP contribution in [0.4, 0.5) is 10.5 Å². The molecule has 2 unspecified atom stereocenters.